The second-order valence-corrected chi connectivity index (χ2v) is 3.85. The molecule has 0 aliphatic heterocycles. The predicted octanol–water partition coefficient (Wildman–Crippen LogP) is 2.77. The third kappa shape index (κ3) is 3.72. The van der Waals surface area contributed by atoms with E-state index in [-0.39, 0.29) is 5.92 Å². The summed E-state index contributed by atoms with van der Waals surface area (Å²) in [5.41, 5.74) is -0.758. The summed E-state index contributed by atoms with van der Waals surface area (Å²) in [6.45, 7) is 11.6. The lowest BCUT2D eigenvalue weighted by atomic mass is 9.90. The maximum Gasteiger partial charge on any atom is 0.0859 e. The van der Waals surface area contributed by atoms with Gasteiger partial charge in [-0.3, -0.25) is 0 Å². The van der Waals surface area contributed by atoms with Crippen LogP contribution >= 0.6 is 0 Å². The van der Waals surface area contributed by atoms with E-state index in [1.165, 1.54) is 0 Å². The lowest BCUT2D eigenvalue weighted by Gasteiger charge is -2.24. The Kier molecular flexibility index (Phi) is 4.25. The molecule has 0 aromatic heterocycles. The van der Waals surface area contributed by atoms with Gasteiger partial charge in [0.05, 0.1) is 5.60 Å². The van der Waals surface area contributed by atoms with Crippen LogP contribution in [-0.2, 0) is 0 Å². The van der Waals surface area contributed by atoms with E-state index in [2.05, 4.69) is 20.4 Å². The fourth-order valence-electron chi connectivity index (χ4n) is 0.778. The Morgan fingerprint density at radius 1 is 1.33 bits per heavy atom. The highest BCUT2D eigenvalue weighted by Crippen LogP contribution is 2.19. The van der Waals surface area contributed by atoms with Gasteiger partial charge >= 0.3 is 0 Å². The lowest BCUT2D eigenvalue weighted by molar-refractivity contribution is 0.0741. The summed E-state index contributed by atoms with van der Waals surface area (Å²) >= 11 is 0. The van der Waals surface area contributed by atoms with Crippen molar-refractivity contribution < 1.29 is 5.11 Å². The molecule has 0 heterocycles. The molecule has 0 unspecified atom stereocenters. The zero-order valence-corrected chi connectivity index (χ0v) is 8.54. The number of rotatable bonds is 4. The first-order valence-corrected chi connectivity index (χ1v) is 4.44. The Bertz CT molecular complexity index is 166. The van der Waals surface area contributed by atoms with Crippen molar-refractivity contribution in [1.29, 1.82) is 0 Å². The van der Waals surface area contributed by atoms with Gasteiger partial charge in [0, 0.05) is 5.92 Å². The van der Waals surface area contributed by atoms with E-state index in [0.717, 1.165) is 0 Å². The van der Waals surface area contributed by atoms with Crippen molar-refractivity contribution in [2.24, 2.45) is 11.8 Å². The van der Waals surface area contributed by atoms with Gasteiger partial charge in [0.25, 0.3) is 0 Å². The van der Waals surface area contributed by atoms with Gasteiger partial charge in [-0.25, -0.2) is 0 Å². The van der Waals surface area contributed by atoms with Crippen molar-refractivity contribution in [3.8, 4) is 0 Å². The summed E-state index contributed by atoms with van der Waals surface area (Å²) in [6, 6.07) is 0. The molecule has 0 rings (SSSR count). The largest absolute Gasteiger partial charge is 0.385 e. The van der Waals surface area contributed by atoms with Crippen molar-refractivity contribution in [1.82, 2.24) is 0 Å². The van der Waals surface area contributed by atoms with E-state index in [1.807, 2.05) is 19.1 Å². The van der Waals surface area contributed by atoms with Crippen LogP contribution in [0.1, 0.15) is 27.7 Å². The van der Waals surface area contributed by atoms with Gasteiger partial charge in [0.1, 0.15) is 0 Å². The van der Waals surface area contributed by atoms with E-state index in [1.54, 1.807) is 13.0 Å². The van der Waals surface area contributed by atoms with Crippen molar-refractivity contribution >= 4 is 0 Å². The topological polar surface area (TPSA) is 20.2 Å². The monoisotopic (exact) mass is 168 g/mol. The summed E-state index contributed by atoms with van der Waals surface area (Å²) in [7, 11) is 0. The normalized spacial score (nSPS) is 19.5. The van der Waals surface area contributed by atoms with Crippen molar-refractivity contribution in [3.05, 3.63) is 24.8 Å². The molecule has 0 fully saturated rings. The molecule has 1 nitrogen and oxygen atoms in total. The number of hydrogen-bond acceptors (Lipinski definition) is 1. The molecule has 0 aliphatic carbocycles. The highest BCUT2D eigenvalue weighted by Gasteiger charge is 2.22. The van der Waals surface area contributed by atoms with Gasteiger partial charge in [0.2, 0.25) is 0 Å². The third-order valence-corrected chi connectivity index (χ3v) is 2.09. The minimum Gasteiger partial charge on any atom is -0.385 e. The van der Waals surface area contributed by atoms with Gasteiger partial charge < -0.3 is 5.11 Å². The molecule has 1 heteroatoms. The van der Waals surface area contributed by atoms with Gasteiger partial charge in [-0.15, -0.1) is 6.58 Å². The molecular weight excluding hydrogens is 148 g/mol. The average Bonchev–Trinajstić information content (AvgIpc) is 1.99. The maximum absolute atomic E-state index is 9.87. The molecule has 0 bridgehead atoms. The zero-order chi connectivity index (χ0) is 9.78. The number of hydrogen-bond donors (Lipinski definition) is 1. The summed E-state index contributed by atoms with van der Waals surface area (Å²) in [5, 5.41) is 9.87. The Balaban J connectivity index is 4.30. The van der Waals surface area contributed by atoms with E-state index >= 15 is 0 Å². The van der Waals surface area contributed by atoms with E-state index in [9.17, 15) is 5.11 Å². The Labute approximate surface area is 75.8 Å². The van der Waals surface area contributed by atoms with Gasteiger partial charge in [-0.1, -0.05) is 39.0 Å². The van der Waals surface area contributed by atoms with Crippen LogP contribution in [0.2, 0.25) is 0 Å². The Morgan fingerprint density at radius 3 is 2.17 bits per heavy atom. The summed E-state index contributed by atoms with van der Waals surface area (Å²) in [4.78, 5) is 0. The first-order valence-electron chi connectivity index (χ1n) is 4.44. The molecular formula is C11H20O. The van der Waals surface area contributed by atoms with Crippen LogP contribution in [-0.4, -0.2) is 10.7 Å². The van der Waals surface area contributed by atoms with Crippen LogP contribution in [0.25, 0.3) is 0 Å². The van der Waals surface area contributed by atoms with Crippen molar-refractivity contribution in [3.63, 3.8) is 0 Å². The number of aliphatic hydroxyl groups is 1. The molecule has 0 saturated carbocycles. The molecule has 0 aliphatic rings. The smallest absolute Gasteiger partial charge is 0.0859 e. The van der Waals surface area contributed by atoms with E-state index < -0.39 is 5.60 Å². The molecule has 0 radical (unpaired) electrons. The fraction of sp³-hybridized carbons (Fsp3) is 0.636. The van der Waals surface area contributed by atoms with Crippen LogP contribution in [0.5, 0.6) is 0 Å². The van der Waals surface area contributed by atoms with Gasteiger partial charge in [0.15, 0.2) is 0 Å². The summed E-state index contributed by atoms with van der Waals surface area (Å²) < 4.78 is 0. The summed E-state index contributed by atoms with van der Waals surface area (Å²) in [6.07, 6.45) is 5.63. The molecule has 0 saturated heterocycles. The standard InChI is InChI=1S/C11H20O/c1-6-10(4)11(5,12)8-7-9(2)3/h6-10,12H,1H2,2-5H3/b8-7+/t10-,11-/m0/s1. The molecule has 2 atom stereocenters. The molecule has 0 aromatic rings. The molecule has 70 valence electrons. The quantitative estimate of drug-likeness (QED) is 0.640. The highest BCUT2D eigenvalue weighted by atomic mass is 16.3. The minimum atomic E-state index is -0.758. The fourth-order valence-corrected chi connectivity index (χ4v) is 0.778. The SMILES string of the molecule is C=C[C@H](C)[C@@](C)(O)/C=C/C(C)C. The molecule has 0 amide bonds. The first-order chi connectivity index (χ1) is 5.40. The van der Waals surface area contributed by atoms with Crippen molar-refractivity contribution in [2.75, 3.05) is 0 Å². The Morgan fingerprint density at radius 2 is 1.83 bits per heavy atom. The minimum absolute atomic E-state index is 0.0903. The van der Waals surface area contributed by atoms with Crippen LogP contribution in [0.3, 0.4) is 0 Å². The van der Waals surface area contributed by atoms with Crippen molar-refractivity contribution in [2.45, 2.75) is 33.3 Å². The van der Waals surface area contributed by atoms with E-state index in [4.69, 9.17) is 0 Å². The molecule has 12 heavy (non-hydrogen) atoms. The van der Waals surface area contributed by atoms with Crippen LogP contribution < -0.4 is 0 Å². The molecule has 0 aromatic carbocycles. The number of allylic oxidation sites excluding steroid dienone is 1. The zero-order valence-electron chi connectivity index (χ0n) is 8.54. The highest BCUT2D eigenvalue weighted by molar-refractivity contribution is 5.05. The molecule has 1 N–H and O–H groups in total. The second kappa shape index (κ2) is 4.46. The van der Waals surface area contributed by atoms with E-state index in [0.29, 0.717) is 5.92 Å². The van der Waals surface area contributed by atoms with Gasteiger partial charge in [-0.2, -0.15) is 0 Å². The predicted molar refractivity (Wildman–Crippen MR) is 54.0 cm³/mol. The average molecular weight is 168 g/mol. The maximum atomic E-state index is 9.87. The second-order valence-electron chi connectivity index (χ2n) is 3.85. The van der Waals surface area contributed by atoms with Crippen LogP contribution in [0.15, 0.2) is 24.8 Å². The Hall–Kier alpha value is -0.560. The molecule has 0 spiro atoms. The third-order valence-electron chi connectivity index (χ3n) is 2.09. The van der Waals surface area contributed by atoms with Gasteiger partial charge in [-0.05, 0) is 12.8 Å². The van der Waals surface area contributed by atoms with Crippen LogP contribution in [0, 0.1) is 11.8 Å². The summed E-state index contributed by atoms with van der Waals surface area (Å²) in [5.74, 6) is 0.570. The lowest BCUT2D eigenvalue weighted by Crippen LogP contribution is -2.28. The first kappa shape index (κ1) is 11.4. The van der Waals surface area contributed by atoms with Crippen LogP contribution in [0.4, 0.5) is 0 Å².